The van der Waals surface area contributed by atoms with Gasteiger partial charge in [0.05, 0.1) is 0 Å². The number of likely N-dealkylation sites (tertiary alicyclic amines) is 1. The molecule has 184 valence electrons. The molecule has 0 spiro atoms. The second-order valence-electron chi connectivity index (χ2n) is 8.31. The van der Waals surface area contributed by atoms with Crippen LogP contribution in [0.3, 0.4) is 0 Å². The van der Waals surface area contributed by atoms with Crippen molar-refractivity contribution < 1.29 is 22.8 Å². The third-order valence-corrected chi connectivity index (χ3v) is 7.15. The zero-order valence-corrected chi connectivity index (χ0v) is 19.7. The smallest absolute Gasteiger partial charge is 0.319 e. The molecule has 0 atom stereocenters. The summed E-state index contributed by atoms with van der Waals surface area (Å²) in [5.41, 5.74) is 6.65. The Morgan fingerprint density at radius 1 is 1.00 bits per heavy atom. The van der Waals surface area contributed by atoms with Gasteiger partial charge in [0.2, 0.25) is 11.8 Å². The van der Waals surface area contributed by atoms with Crippen LogP contribution in [0.4, 0.5) is 16.2 Å². The van der Waals surface area contributed by atoms with Gasteiger partial charge in [-0.1, -0.05) is 18.2 Å². The normalized spacial score (nSPS) is 16.7. The molecule has 11 nitrogen and oxygen atoms in total. The fraction of sp³-hybridized carbons (Fsp3) is 0.304. The number of amides is 4. The van der Waals surface area contributed by atoms with E-state index in [4.69, 9.17) is 5.73 Å². The Morgan fingerprint density at radius 3 is 2.40 bits per heavy atom. The van der Waals surface area contributed by atoms with Crippen LogP contribution in [0, 0.1) is 5.92 Å². The highest BCUT2D eigenvalue weighted by atomic mass is 32.2. The quantitative estimate of drug-likeness (QED) is 0.471. The summed E-state index contributed by atoms with van der Waals surface area (Å²) >= 11 is 0. The summed E-state index contributed by atoms with van der Waals surface area (Å²) < 4.78 is 28.6. The van der Waals surface area contributed by atoms with Crippen LogP contribution < -0.4 is 21.7 Å². The van der Waals surface area contributed by atoms with E-state index in [2.05, 4.69) is 20.3 Å². The maximum absolute atomic E-state index is 12.8. The van der Waals surface area contributed by atoms with E-state index in [1.54, 1.807) is 48.5 Å². The van der Waals surface area contributed by atoms with Crippen molar-refractivity contribution in [1.29, 1.82) is 0 Å². The Labute approximate surface area is 202 Å². The lowest BCUT2D eigenvalue weighted by atomic mass is 9.95. The van der Waals surface area contributed by atoms with E-state index in [0.717, 1.165) is 0 Å². The first-order valence-corrected chi connectivity index (χ1v) is 12.6. The number of benzene rings is 2. The molecule has 35 heavy (non-hydrogen) atoms. The SMILES string of the molecule is NC(=O)CCNC(=O)Nc1cccc(NC(=O)C2CCN(C3=NS(=O)(=O)c4ccccc43)CC2)c1. The molecule has 0 aromatic heterocycles. The Bertz CT molecular complexity index is 1280. The first-order chi connectivity index (χ1) is 16.7. The van der Waals surface area contributed by atoms with Crippen molar-refractivity contribution in [1.82, 2.24) is 10.2 Å². The van der Waals surface area contributed by atoms with Crippen molar-refractivity contribution in [2.24, 2.45) is 16.0 Å². The van der Waals surface area contributed by atoms with Gasteiger partial charge in [0.15, 0.2) is 5.84 Å². The summed E-state index contributed by atoms with van der Waals surface area (Å²) in [6, 6.07) is 13.0. The van der Waals surface area contributed by atoms with Crippen molar-refractivity contribution in [3.05, 3.63) is 54.1 Å². The van der Waals surface area contributed by atoms with Crippen LogP contribution in [0.1, 0.15) is 24.8 Å². The average Bonchev–Trinajstić information content (AvgIpc) is 3.10. The number of rotatable bonds is 6. The predicted molar refractivity (Wildman–Crippen MR) is 130 cm³/mol. The van der Waals surface area contributed by atoms with E-state index in [9.17, 15) is 22.8 Å². The number of hydrogen-bond acceptors (Lipinski definition) is 6. The Morgan fingerprint density at radius 2 is 1.69 bits per heavy atom. The highest BCUT2D eigenvalue weighted by Gasteiger charge is 2.34. The molecular weight excluding hydrogens is 472 g/mol. The lowest BCUT2D eigenvalue weighted by Crippen LogP contribution is -2.41. The molecule has 4 rings (SSSR count). The summed E-state index contributed by atoms with van der Waals surface area (Å²) in [5.74, 6) is -0.456. The number of nitrogens with zero attached hydrogens (tertiary/aromatic N) is 2. The van der Waals surface area contributed by atoms with Crippen molar-refractivity contribution >= 4 is 45.1 Å². The van der Waals surface area contributed by atoms with E-state index in [1.807, 2.05) is 4.90 Å². The summed E-state index contributed by atoms with van der Waals surface area (Å²) in [7, 11) is -3.68. The van der Waals surface area contributed by atoms with Crippen LogP contribution in [-0.2, 0) is 19.6 Å². The molecule has 0 aliphatic carbocycles. The molecule has 2 aromatic carbocycles. The Kier molecular flexibility index (Phi) is 7.01. The topological polar surface area (TPSA) is 163 Å². The van der Waals surface area contributed by atoms with E-state index < -0.39 is 22.0 Å². The molecule has 1 saturated heterocycles. The molecule has 5 N–H and O–H groups in total. The van der Waals surface area contributed by atoms with Gasteiger partial charge >= 0.3 is 6.03 Å². The van der Waals surface area contributed by atoms with E-state index in [1.165, 1.54) is 0 Å². The van der Waals surface area contributed by atoms with Crippen LogP contribution in [0.25, 0.3) is 0 Å². The zero-order chi connectivity index (χ0) is 25.0. The average molecular weight is 499 g/mol. The molecule has 2 aliphatic heterocycles. The van der Waals surface area contributed by atoms with Crippen LogP contribution in [0.15, 0.2) is 57.8 Å². The number of sulfonamides is 1. The van der Waals surface area contributed by atoms with Gasteiger partial charge in [-0.15, -0.1) is 4.40 Å². The standard InChI is InChI=1S/C23H26N6O5S/c24-20(30)8-11-25-23(32)27-17-5-3-4-16(14-17)26-22(31)15-9-12-29(13-10-15)21-18-6-1-2-7-19(18)35(33,34)28-21/h1-7,14-15H,8-13H2,(H2,24,30)(H,26,31)(H2,25,27,32). The van der Waals surface area contributed by atoms with Crippen LogP contribution in [0.5, 0.6) is 0 Å². The van der Waals surface area contributed by atoms with Gasteiger partial charge < -0.3 is 26.6 Å². The van der Waals surface area contributed by atoms with Crippen molar-refractivity contribution in [2.75, 3.05) is 30.3 Å². The molecule has 0 saturated carbocycles. The molecule has 4 amide bonds. The lowest BCUT2D eigenvalue weighted by molar-refractivity contribution is -0.121. The van der Waals surface area contributed by atoms with Gasteiger partial charge in [-0.2, -0.15) is 8.42 Å². The monoisotopic (exact) mass is 498 g/mol. The summed E-state index contributed by atoms with van der Waals surface area (Å²) in [5, 5.41) is 8.04. The molecule has 2 heterocycles. The first-order valence-electron chi connectivity index (χ1n) is 11.2. The number of carbonyl (C=O) groups is 3. The molecule has 2 aliphatic rings. The maximum Gasteiger partial charge on any atom is 0.319 e. The minimum Gasteiger partial charge on any atom is -0.370 e. The van der Waals surface area contributed by atoms with Crippen LogP contribution >= 0.6 is 0 Å². The van der Waals surface area contributed by atoms with Gasteiger partial charge in [0.1, 0.15) is 4.90 Å². The molecule has 12 heteroatoms. The first kappa shape index (κ1) is 24.2. The number of anilines is 2. The number of nitrogens with one attached hydrogen (secondary N) is 3. The minimum atomic E-state index is -3.68. The summed E-state index contributed by atoms with van der Waals surface area (Å²) in [6.07, 6.45) is 1.14. The van der Waals surface area contributed by atoms with Crippen molar-refractivity contribution in [3.63, 3.8) is 0 Å². The second kappa shape index (κ2) is 10.1. The van der Waals surface area contributed by atoms with E-state index in [0.29, 0.717) is 48.7 Å². The highest BCUT2D eigenvalue weighted by molar-refractivity contribution is 7.90. The predicted octanol–water partition coefficient (Wildman–Crippen LogP) is 1.48. The number of primary amides is 1. The molecule has 0 radical (unpaired) electrons. The van der Waals surface area contributed by atoms with Gasteiger partial charge in [0, 0.05) is 48.9 Å². The van der Waals surface area contributed by atoms with E-state index >= 15 is 0 Å². The highest BCUT2D eigenvalue weighted by Crippen LogP contribution is 2.30. The van der Waals surface area contributed by atoms with E-state index in [-0.39, 0.29) is 29.7 Å². The number of carbonyl (C=O) groups excluding carboxylic acids is 3. The second-order valence-corrected chi connectivity index (χ2v) is 9.89. The number of hydrogen-bond donors (Lipinski definition) is 4. The third-order valence-electron chi connectivity index (χ3n) is 5.82. The van der Waals surface area contributed by atoms with Gasteiger partial charge in [0.25, 0.3) is 10.0 Å². The van der Waals surface area contributed by atoms with Crippen molar-refractivity contribution in [2.45, 2.75) is 24.2 Å². The Balaban J connectivity index is 1.31. The number of fused-ring (bicyclic) bond motifs is 1. The number of amidine groups is 1. The van der Waals surface area contributed by atoms with Gasteiger partial charge in [-0.3, -0.25) is 9.59 Å². The summed E-state index contributed by atoms with van der Waals surface area (Å²) in [6.45, 7) is 1.14. The number of nitrogens with two attached hydrogens (primary N) is 1. The third kappa shape index (κ3) is 5.77. The van der Waals surface area contributed by atoms with Crippen molar-refractivity contribution in [3.8, 4) is 0 Å². The molecule has 0 bridgehead atoms. The maximum atomic E-state index is 12.8. The fourth-order valence-corrected chi connectivity index (χ4v) is 5.29. The van der Waals surface area contributed by atoms with Crippen LogP contribution in [0.2, 0.25) is 0 Å². The molecule has 1 fully saturated rings. The van der Waals surface area contributed by atoms with Crippen LogP contribution in [-0.4, -0.2) is 56.6 Å². The number of piperidine rings is 1. The molecular formula is C23H26N6O5S. The van der Waals surface area contributed by atoms with Gasteiger partial charge in [-0.05, 0) is 43.2 Å². The number of urea groups is 1. The Hall–Kier alpha value is -3.93. The summed E-state index contributed by atoms with van der Waals surface area (Å²) in [4.78, 5) is 37.6. The lowest BCUT2D eigenvalue weighted by Gasteiger charge is -2.32. The molecule has 2 aromatic rings. The zero-order valence-electron chi connectivity index (χ0n) is 18.9. The molecule has 0 unspecified atom stereocenters. The van der Waals surface area contributed by atoms with Gasteiger partial charge in [-0.25, -0.2) is 4.79 Å². The minimum absolute atomic E-state index is 0.0397. The fourth-order valence-electron chi connectivity index (χ4n) is 4.06. The largest absolute Gasteiger partial charge is 0.370 e.